The van der Waals surface area contributed by atoms with Gasteiger partial charge in [0.05, 0.1) is 0 Å². The highest BCUT2D eigenvalue weighted by Gasteiger charge is 2.08. The lowest BCUT2D eigenvalue weighted by molar-refractivity contribution is 0.395. The highest BCUT2D eigenvalue weighted by atomic mass is 16.5. The van der Waals surface area contributed by atoms with E-state index < -0.39 is 0 Å². The maximum atomic E-state index is 5.13. The molecule has 0 amide bonds. The monoisotopic (exact) mass is 205 g/mol. The number of hydrogen-bond donors (Lipinski definition) is 0. The predicted molar refractivity (Wildman–Crippen MR) is 63.6 cm³/mol. The fourth-order valence-electron chi connectivity index (χ4n) is 1.29. The minimum Gasteiger partial charge on any atom is -0.361 e. The highest BCUT2D eigenvalue weighted by molar-refractivity contribution is 5.64. The van der Waals surface area contributed by atoms with Crippen molar-refractivity contribution in [2.75, 3.05) is 0 Å². The van der Waals surface area contributed by atoms with Crippen LogP contribution in [0.25, 0.3) is 5.57 Å². The summed E-state index contributed by atoms with van der Waals surface area (Å²) in [6.07, 6.45) is 6.31. The van der Waals surface area contributed by atoms with Crippen LogP contribution in [-0.2, 0) is 0 Å². The van der Waals surface area contributed by atoms with E-state index in [1.807, 2.05) is 13.8 Å². The zero-order chi connectivity index (χ0) is 11.4. The summed E-state index contributed by atoms with van der Waals surface area (Å²) < 4.78 is 5.13. The molecule has 0 aliphatic carbocycles. The van der Waals surface area contributed by atoms with Crippen molar-refractivity contribution in [3.05, 3.63) is 35.2 Å². The molecule has 0 aliphatic heterocycles. The van der Waals surface area contributed by atoms with E-state index in [0.717, 1.165) is 22.6 Å². The molecule has 0 aliphatic rings. The summed E-state index contributed by atoms with van der Waals surface area (Å²) in [7, 11) is 0. The minimum absolute atomic E-state index is 0.578. The van der Waals surface area contributed by atoms with Crippen molar-refractivity contribution in [1.82, 2.24) is 5.16 Å². The molecule has 0 saturated carbocycles. The van der Waals surface area contributed by atoms with Crippen LogP contribution in [-0.4, -0.2) is 5.16 Å². The van der Waals surface area contributed by atoms with Gasteiger partial charge in [-0.25, -0.2) is 0 Å². The zero-order valence-electron chi connectivity index (χ0n) is 10.2. The molecule has 15 heavy (non-hydrogen) atoms. The second kappa shape index (κ2) is 4.96. The Kier molecular flexibility index (Phi) is 3.89. The van der Waals surface area contributed by atoms with Crippen LogP contribution in [0.4, 0.5) is 0 Å². The third-order valence-corrected chi connectivity index (χ3v) is 2.37. The first-order valence-electron chi connectivity index (χ1n) is 5.30. The maximum absolute atomic E-state index is 5.13. The molecule has 0 bridgehead atoms. The molecule has 1 heterocycles. The standard InChI is InChI=1S/C13H19NO/c1-9(2)7-6-8-10(3)13-11(4)12(5)15-14-13/h6-9H,1-5H3/b7-6-,10-8+. The molecule has 0 unspecified atom stereocenters. The summed E-state index contributed by atoms with van der Waals surface area (Å²) in [5.74, 6) is 1.47. The van der Waals surface area contributed by atoms with E-state index in [0.29, 0.717) is 5.92 Å². The summed E-state index contributed by atoms with van der Waals surface area (Å²) in [6, 6.07) is 0. The van der Waals surface area contributed by atoms with Crippen LogP contribution in [0.15, 0.2) is 22.8 Å². The van der Waals surface area contributed by atoms with Crippen molar-refractivity contribution in [2.45, 2.75) is 34.6 Å². The van der Waals surface area contributed by atoms with Gasteiger partial charge in [-0.3, -0.25) is 0 Å². The van der Waals surface area contributed by atoms with Gasteiger partial charge in [0.2, 0.25) is 0 Å². The van der Waals surface area contributed by atoms with Gasteiger partial charge < -0.3 is 4.52 Å². The average Bonchev–Trinajstić information content (AvgIpc) is 2.47. The van der Waals surface area contributed by atoms with Gasteiger partial charge in [-0.15, -0.1) is 0 Å². The van der Waals surface area contributed by atoms with E-state index in [4.69, 9.17) is 4.52 Å². The number of rotatable bonds is 3. The molecule has 0 spiro atoms. The van der Waals surface area contributed by atoms with Crippen LogP contribution in [0.3, 0.4) is 0 Å². The van der Waals surface area contributed by atoms with Gasteiger partial charge in [-0.1, -0.05) is 37.2 Å². The van der Waals surface area contributed by atoms with Crippen molar-refractivity contribution >= 4 is 5.57 Å². The first-order chi connectivity index (χ1) is 7.02. The van der Waals surface area contributed by atoms with Crippen molar-refractivity contribution in [3.8, 4) is 0 Å². The molecule has 0 aromatic carbocycles. The van der Waals surface area contributed by atoms with Crippen molar-refractivity contribution in [3.63, 3.8) is 0 Å². The summed E-state index contributed by atoms with van der Waals surface area (Å²) in [6.45, 7) is 10.3. The molecule has 0 fully saturated rings. The van der Waals surface area contributed by atoms with E-state index in [2.05, 4.69) is 44.2 Å². The zero-order valence-corrected chi connectivity index (χ0v) is 10.2. The summed E-state index contributed by atoms with van der Waals surface area (Å²) >= 11 is 0. The average molecular weight is 205 g/mol. The number of allylic oxidation sites excluding steroid dienone is 4. The van der Waals surface area contributed by atoms with Gasteiger partial charge in [-0.2, -0.15) is 0 Å². The first kappa shape index (κ1) is 11.8. The Hall–Kier alpha value is -1.31. The topological polar surface area (TPSA) is 26.0 Å². The van der Waals surface area contributed by atoms with Crippen LogP contribution in [0.1, 0.15) is 37.8 Å². The number of aromatic nitrogens is 1. The Morgan fingerprint density at radius 1 is 1.33 bits per heavy atom. The van der Waals surface area contributed by atoms with Gasteiger partial charge in [-0.05, 0) is 32.3 Å². The number of nitrogens with zero attached hydrogens (tertiary/aromatic N) is 1. The molecule has 82 valence electrons. The SMILES string of the molecule is C/C(=C\C=C/C(C)C)c1noc(C)c1C. The Morgan fingerprint density at radius 2 is 2.00 bits per heavy atom. The van der Waals surface area contributed by atoms with Gasteiger partial charge in [0.1, 0.15) is 11.5 Å². The minimum atomic E-state index is 0.578. The lowest BCUT2D eigenvalue weighted by Crippen LogP contribution is -1.83. The Balaban J connectivity index is 2.85. The Morgan fingerprint density at radius 3 is 2.47 bits per heavy atom. The van der Waals surface area contributed by atoms with Crippen molar-refractivity contribution in [2.24, 2.45) is 5.92 Å². The van der Waals surface area contributed by atoms with Gasteiger partial charge in [0, 0.05) is 5.56 Å². The normalized spacial score (nSPS) is 13.1. The fraction of sp³-hybridized carbons (Fsp3) is 0.462. The maximum Gasteiger partial charge on any atom is 0.137 e. The lowest BCUT2D eigenvalue weighted by Gasteiger charge is -1.95. The second-order valence-corrected chi connectivity index (χ2v) is 4.19. The number of hydrogen-bond acceptors (Lipinski definition) is 2. The lowest BCUT2D eigenvalue weighted by atomic mass is 10.1. The molecule has 0 radical (unpaired) electrons. The van der Waals surface area contributed by atoms with Crippen LogP contribution in [0, 0.1) is 19.8 Å². The summed E-state index contributed by atoms with van der Waals surface area (Å²) in [5, 5.41) is 4.04. The van der Waals surface area contributed by atoms with E-state index in [9.17, 15) is 0 Å². The molecule has 1 rings (SSSR count). The van der Waals surface area contributed by atoms with Crippen LogP contribution in [0.2, 0.25) is 0 Å². The van der Waals surface area contributed by atoms with E-state index in [1.54, 1.807) is 0 Å². The predicted octanol–water partition coefficient (Wildman–Crippen LogP) is 3.91. The molecule has 2 nitrogen and oxygen atoms in total. The molecule has 1 aromatic rings. The van der Waals surface area contributed by atoms with E-state index in [-0.39, 0.29) is 0 Å². The van der Waals surface area contributed by atoms with E-state index >= 15 is 0 Å². The van der Waals surface area contributed by atoms with Gasteiger partial charge in [0.15, 0.2) is 0 Å². The quantitative estimate of drug-likeness (QED) is 0.699. The highest BCUT2D eigenvalue weighted by Crippen LogP contribution is 2.19. The van der Waals surface area contributed by atoms with Crippen molar-refractivity contribution < 1.29 is 4.52 Å². The van der Waals surface area contributed by atoms with Crippen molar-refractivity contribution in [1.29, 1.82) is 0 Å². The largest absolute Gasteiger partial charge is 0.361 e. The van der Waals surface area contributed by atoms with Crippen LogP contribution in [0.5, 0.6) is 0 Å². The van der Waals surface area contributed by atoms with Crippen LogP contribution < -0.4 is 0 Å². The Labute approximate surface area is 91.7 Å². The smallest absolute Gasteiger partial charge is 0.137 e. The second-order valence-electron chi connectivity index (χ2n) is 4.19. The third kappa shape index (κ3) is 3.08. The fourth-order valence-corrected chi connectivity index (χ4v) is 1.29. The number of aryl methyl sites for hydroxylation is 1. The molecule has 0 saturated heterocycles. The summed E-state index contributed by atoms with van der Waals surface area (Å²) in [5.41, 5.74) is 3.23. The molecule has 0 atom stereocenters. The van der Waals surface area contributed by atoms with Gasteiger partial charge in [0.25, 0.3) is 0 Å². The molecular formula is C13H19NO. The molecule has 0 N–H and O–H groups in total. The van der Waals surface area contributed by atoms with Gasteiger partial charge >= 0.3 is 0 Å². The van der Waals surface area contributed by atoms with Crippen LogP contribution >= 0.6 is 0 Å². The van der Waals surface area contributed by atoms with E-state index in [1.165, 1.54) is 0 Å². The molecular weight excluding hydrogens is 186 g/mol. The molecule has 1 aromatic heterocycles. The summed E-state index contributed by atoms with van der Waals surface area (Å²) in [4.78, 5) is 0. The third-order valence-electron chi connectivity index (χ3n) is 2.37. The first-order valence-corrected chi connectivity index (χ1v) is 5.30. The molecule has 2 heteroatoms. The Bertz CT molecular complexity index is 383.